The summed E-state index contributed by atoms with van der Waals surface area (Å²) in [5.41, 5.74) is 2.37. The second-order valence-electron chi connectivity index (χ2n) is 6.74. The van der Waals surface area contributed by atoms with E-state index in [4.69, 9.17) is 0 Å². The van der Waals surface area contributed by atoms with Crippen molar-refractivity contribution in [3.63, 3.8) is 0 Å². The Morgan fingerprint density at radius 2 is 2.00 bits per heavy atom. The lowest BCUT2D eigenvalue weighted by Crippen LogP contribution is -2.42. The van der Waals surface area contributed by atoms with Crippen LogP contribution in [-0.2, 0) is 18.3 Å². The fourth-order valence-corrected chi connectivity index (χ4v) is 3.08. The normalized spacial score (nSPS) is 16.2. The second kappa shape index (κ2) is 8.66. The molecule has 0 saturated carbocycles. The van der Waals surface area contributed by atoms with Crippen LogP contribution in [0.2, 0.25) is 0 Å². The van der Waals surface area contributed by atoms with Gasteiger partial charge in [-0.15, -0.1) is 0 Å². The number of aromatic nitrogens is 3. The first-order chi connectivity index (χ1) is 13.0. The van der Waals surface area contributed by atoms with Crippen molar-refractivity contribution < 1.29 is 9.59 Å². The van der Waals surface area contributed by atoms with Crippen LogP contribution in [0, 0.1) is 6.92 Å². The maximum absolute atomic E-state index is 12.9. The van der Waals surface area contributed by atoms with Crippen LogP contribution in [0.4, 0.5) is 5.82 Å². The van der Waals surface area contributed by atoms with Gasteiger partial charge in [-0.25, -0.2) is 4.98 Å². The van der Waals surface area contributed by atoms with Gasteiger partial charge in [-0.2, -0.15) is 5.10 Å². The number of carbonyl (C=O) groups excluding carboxylic acids is 2. The molecule has 2 aromatic rings. The van der Waals surface area contributed by atoms with E-state index >= 15 is 0 Å². The van der Waals surface area contributed by atoms with E-state index in [0.29, 0.717) is 25.2 Å². The van der Waals surface area contributed by atoms with Crippen LogP contribution in [0.15, 0.2) is 24.4 Å². The van der Waals surface area contributed by atoms with Gasteiger partial charge in [-0.1, -0.05) is 6.07 Å². The molecule has 2 aromatic heterocycles. The second-order valence-corrected chi connectivity index (χ2v) is 6.74. The van der Waals surface area contributed by atoms with Crippen LogP contribution < -0.4 is 10.6 Å². The van der Waals surface area contributed by atoms with E-state index in [0.717, 1.165) is 36.5 Å². The zero-order valence-electron chi connectivity index (χ0n) is 15.9. The van der Waals surface area contributed by atoms with E-state index in [1.54, 1.807) is 22.8 Å². The summed E-state index contributed by atoms with van der Waals surface area (Å²) < 4.78 is 1.67. The van der Waals surface area contributed by atoms with Gasteiger partial charge in [0.05, 0.1) is 18.3 Å². The molecule has 2 N–H and O–H groups in total. The number of pyridine rings is 1. The van der Waals surface area contributed by atoms with Crippen molar-refractivity contribution >= 4 is 17.6 Å². The molecular formula is C19H26N6O2. The third kappa shape index (κ3) is 4.84. The molecule has 2 amide bonds. The number of nitrogens with zero attached hydrogens (tertiary/aromatic N) is 4. The van der Waals surface area contributed by atoms with E-state index in [1.165, 1.54) is 0 Å². The minimum absolute atomic E-state index is 0.0523. The predicted octanol–water partition coefficient (Wildman–Crippen LogP) is 1.13. The van der Waals surface area contributed by atoms with Crippen LogP contribution in [0.1, 0.15) is 34.6 Å². The summed E-state index contributed by atoms with van der Waals surface area (Å²) in [6, 6.07) is 5.92. The van der Waals surface area contributed by atoms with Crippen LogP contribution in [0.25, 0.3) is 0 Å². The fraction of sp³-hybridized carbons (Fsp3) is 0.474. The summed E-state index contributed by atoms with van der Waals surface area (Å²) >= 11 is 0. The molecule has 0 radical (unpaired) electrons. The molecule has 3 rings (SSSR count). The minimum Gasteiger partial charge on any atom is -0.368 e. The van der Waals surface area contributed by atoms with Gasteiger partial charge in [-0.05, 0) is 38.3 Å². The topological polar surface area (TPSA) is 92.2 Å². The quantitative estimate of drug-likeness (QED) is 0.785. The maximum atomic E-state index is 12.9. The summed E-state index contributed by atoms with van der Waals surface area (Å²) in [6.07, 6.45) is 4.11. The van der Waals surface area contributed by atoms with Crippen LogP contribution in [0.5, 0.6) is 0 Å². The van der Waals surface area contributed by atoms with Crippen molar-refractivity contribution in [2.24, 2.45) is 7.05 Å². The van der Waals surface area contributed by atoms with E-state index in [9.17, 15) is 9.59 Å². The molecule has 8 heteroatoms. The first kappa shape index (κ1) is 18.9. The third-order valence-electron chi connectivity index (χ3n) is 4.76. The Morgan fingerprint density at radius 3 is 2.78 bits per heavy atom. The molecule has 0 aromatic carbocycles. The third-order valence-corrected chi connectivity index (χ3v) is 4.76. The number of anilines is 1. The fourth-order valence-electron chi connectivity index (χ4n) is 3.08. The highest BCUT2D eigenvalue weighted by Crippen LogP contribution is 2.12. The Kier molecular flexibility index (Phi) is 6.05. The number of hydrogen-bond acceptors (Lipinski definition) is 5. The van der Waals surface area contributed by atoms with Crippen molar-refractivity contribution in [1.29, 1.82) is 0 Å². The Morgan fingerprint density at radius 1 is 1.19 bits per heavy atom. The van der Waals surface area contributed by atoms with Crippen LogP contribution in [-0.4, -0.2) is 57.7 Å². The molecule has 3 heterocycles. The van der Waals surface area contributed by atoms with Crippen molar-refractivity contribution in [3.05, 3.63) is 41.3 Å². The molecule has 1 aliphatic heterocycles. The zero-order chi connectivity index (χ0) is 19.2. The number of carbonyl (C=O) groups is 2. The van der Waals surface area contributed by atoms with Crippen molar-refractivity contribution in [2.75, 3.05) is 31.5 Å². The minimum atomic E-state index is -0.162. The Labute approximate surface area is 159 Å². The molecule has 0 aliphatic carbocycles. The van der Waals surface area contributed by atoms with Gasteiger partial charge in [0.1, 0.15) is 5.82 Å². The number of fused-ring (bicyclic) bond motifs is 2. The largest absolute Gasteiger partial charge is 0.368 e. The lowest BCUT2D eigenvalue weighted by atomic mass is 10.1. The first-order valence-corrected chi connectivity index (χ1v) is 9.29. The average Bonchev–Trinajstić information content (AvgIpc) is 2.99. The van der Waals surface area contributed by atoms with E-state index in [1.807, 2.05) is 25.1 Å². The summed E-state index contributed by atoms with van der Waals surface area (Å²) in [6.45, 7) is 3.49. The molecule has 0 unspecified atom stereocenters. The van der Waals surface area contributed by atoms with Crippen LogP contribution in [0.3, 0.4) is 0 Å². The van der Waals surface area contributed by atoms with Crippen molar-refractivity contribution in [2.45, 2.75) is 26.2 Å². The van der Waals surface area contributed by atoms with Gasteiger partial charge in [0.2, 0.25) is 5.91 Å². The van der Waals surface area contributed by atoms with Gasteiger partial charge >= 0.3 is 0 Å². The van der Waals surface area contributed by atoms with Gasteiger partial charge < -0.3 is 15.5 Å². The lowest BCUT2D eigenvalue weighted by molar-refractivity contribution is -0.121. The van der Waals surface area contributed by atoms with Gasteiger partial charge in [0, 0.05) is 38.1 Å². The number of nitrogens with one attached hydrogen (secondary N) is 2. The van der Waals surface area contributed by atoms with Crippen molar-refractivity contribution in [3.8, 4) is 0 Å². The van der Waals surface area contributed by atoms with Gasteiger partial charge in [0.25, 0.3) is 5.91 Å². The number of rotatable bonds is 1. The summed E-state index contributed by atoms with van der Waals surface area (Å²) in [4.78, 5) is 31.4. The SMILES string of the molecule is Cc1c(C(=O)N2CCCCc3cccc(n3)NCCNC(=O)C2)cnn1C. The highest BCUT2D eigenvalue weighted by molar-refractivity contribution is 5.97. The molecule has 2 bridgehead atoms. The van der Waals surface area contributed by atoms with Crippen molar-refractivity contribution in [1.82, 2.24) is 25.0 Å². The smallest absolute Gasteiger partial charge is 0.257 e. The van der Waals surface area contributed by atoms with Gasteiger partial charge in [0.15, 0.2) is 0 Å². The number of amides is 2. The summed E-state index contributed by atoms with van der Waals surface area (Å²) in [7, 11) is 1.80. The molecule has 8 nitrogen and oxygen atoms in total. The Hall–Kier alpha value is -2.90. The molecule has 0 fully saturated rings. The maximum Gasteiger partial charge on any atom is 0.257 e. The molecule has 0 saturated heterocycles. The molecule has 27 heavy (non-hydrogen) atoms. The van der Waals surface area contributed by atoms with E-state index < -0.39 is 0 Å². The lowest BCUT2D eigenvalue weighted by Gasteiger charge is -2.22. The van der Waals surface area contributed by atoms with Gasteiger partial charge in [-0.3, -0.25) is 14.3 Å². The Balaban J connectivity index is 1.73. The zero-order valence-corrected chi connectivity index (χ0v) is 15.9. The summed E-state index contributed by atoms with van der Waals surface area (Å²) in [5.74, 6) is 0.509. The molecule has 0 spiro atoms. The van der Waals surface area contributed by atoms with E-state index in [-0.39, 0.29) is 18.4 Å². The molecular weight excluding hydrogens is 344 g/mol. The average molecular weight is 370 g/mol. The monoisotopic (exact) mass is 370 g/mol. The number of aryl methyl sites for hydroxylation is 2. The predicted molar refractivity (Wildman–Crippen MR) is 103 cm³/mol. The standard InChI is InChI=1S/C19H26N6O2/c1-14-16(12-22-24(14)2)19(27)25-11-4-3-6-15-7-5-8-17(23-15)20-9-10-21-18(26)13-25/h5,7-8,12H,3-4,6,9-11,13H2,1-2H3,(H,20,23)(H,21,26). The Bertz CT molecular complexity index is 816. The summed E-state index contributed by atoms with van der Waals surface area (Å²) in [5, 5.41) is 10.2. The first-order valence-electron chi connectivity index (χ1n) is 9.29. The molecule has 144 valence electrons. The number of hydrogen-bond donors (Lipinski definition) is 2. The highest BCUT2D eigenvalue weighted by Gasteiger charge is 2.22. The van der Waals surface area contributed by atoms with E-state index in [2.05, 4.69) is 20.7 Å². The molecule has 0 atom stereocenters. The highest BCUT2D eigenvalue weighted by atomic mass is 16.2. The molecule has 1 aliphatic rings. The van der Waals surface area contributed by atoms with Crippen LogP contribution >= 0.6 is 0 Å².